The van der Waals surface area contributed by atoms with Gasteiger partial charge < -0.3 is 56.5 Å². The molecule has 3 aromatic carbocycles. The number of aliphatic hydroxyl groups is 4. The van der Waals surface area contributed by atoms with E-state index in [-0.39, 0.29) is 65.0 Å². The maximum atomic E-state index is 14.9. The average Bonchev–Trinajstić information content (AvgIpc) is 3.61. The number of aliphatic imine (C=N–C) groups is 1. The van der Waals surface area contributed by atoms with Gasteiger partial charge in [-0.15, -0.1) is 0 Å². The number of imide groups is 1. The first-order chi connectivity index (χ1) is 30.6. The number of ether oxygens (including phenoxy) is 3. The van der Waals surface area contributed by atoms with Gasteiger partial charge in [-0.05, 0) is 60.6 Å². The highest BCUT2D eigenvalue weighted by Gasteiger charge is 2.57. The van der Waals surface area contributed by atoms with Crippen molar-refractivity contribution >= 4 is 35.2 Å². The molecule has 0 spiro atoms. The van der Waals surface area contributed by atoms with Gasteiger partial charge in [-0.3, -0.25) is 29.1 Å². The number of nitrogen functional groups attached to an aromatic ring is 1. The highest BCUT2D eigenvalue weighted by molar-refractivity contribution is 6.31. The number of anilines is 1. The number of ketones is 2. The zero-order valence-electron chi connectivity index (χ0n) is 35.4. The summed E-state index contributed by atoms with van der Waals surface area (Å²) in [5, 5.41) is 61.2. The molecule has 0 bridgehead atoms. The summed E-state index contributed by atoms with van der Waals surface area (Å²) in [7, 11) is 2.84. The number of aryl methyl sites for hydroxylation is 2. The number of hydrogen-bond donors (Lipinski definition) is 8. The van der Waals surface area contributed by atoms with Crippen LogP contribution in [0.15, 0.2) is 77.9 Å². The number of methoxy groups -OCH3 is 1. The molecule has 3 heterocycles. The number of rotatable bonds is 15. The molecule has 1 saturated heterocycles. The van der Waals surface area contributed by atoms with Crippen LogP contribution in [0.5, 0.6) is 17.2 Å². The zero-order chi connectivity index (χ0) is 46.0. The van der Waals surface area contributed by atoms with Crippen molar-refractivity contribution in [2.24, 2.45) is 10.7 Å². The number of hydrogen-bond acceptors (Lipinski definition) is 15. The van der Waals surface area contributed by atoms with E-state index in [0.717, 1.165) is 22.6 Å². The van der Waals surface area contributed by atoms with Gasteiger partial charge in [0.2, 0.25) is 12.1 Å². The van der Waals surface area contributed by atoms with Crippen molar-refractivity contribution in [3.63, 3.8) is 0 Å². The van der Waals surface area contributed by atoms with Crippen LogP contribution in [-0.4, -0.2) is 122 Å². The summed E-state index contributed by atoms with van der Waals surface area (Å²) < 4.78 is 17.9. The second kappa shape index (κ2) is 18.6. The number of guanidine groups is 1. The normalized spacial score (nSPS) is 22.4. The van der Waals surface area contributed by atoms with Crippen molar-refractivity contribution in [2.75, 3.05) is 33.0 Å². The molecule has 1 aliphatic carbocycles. The van der Waals surface area contributed by atoms with E-state index in [1.165, 1.54) is 32.5 Å². The Labute approximate surface area is 367 Å². The van der Waals surface area contributed by atoms with E-state index in [1.54, 1.807) is 19.1 Å². The van der Waals surface area contributed by atoms with Crippen molar-refractivity contribution < 1.29 is 58.9 Å². The number of amides is 2. The fourth-order valence-corrected chi connectivity index (χ4v) is 8.72. The van der Waals surface area contributed by atoms with E-state index in [9.17, 15) is 44.7 Å². The highest BCUT2D eigenvalue weighted by atomic mass is 16.7. The molecule has 6 unspecified atom stereocenters. The summed E-state index contributed by atoms with van der Waals surface area (Å²) in [5.74, 6) is -4.06. The summed E-state index contributed by atoms with van der Waals surface area (Å²) in [6.07, 6.45) is -3.54. The summed E-state index contributed by atoms with van der Waals surface area (Å²) in [6, 6.07) is 15.5. The van der Waals surface area contributed by atoms with Gasteiger partial charge in [-0.1, -0.05) is 37.3 Å². The van der Waals surface area contributed by atoms with Gasteiger partial charge in [0.05, 0.1) is 24.8 Å². The predicted molar refractivity (Wildman–Crippen MR) is 231 cm³/mol. The molecule has 6 atom stereocenters. The molecule has 2 amide bonds. The fraction of sp³-hybridized carbons (Fsp3) is 0.348. The van der Waals surface area contributed by atoms with Crippen molar-refractivity contribution in [2.45, 2.75) is 75.3 Å². The molecule has 4 aromatic rings. The van der Waals surface area contributed by atoms with Gasteiger partial charge in [0.1, 0.15) is 47.0 Å². The van der Waals surface area contributed by atoms with E-state index >= 15 is 0 Å². The average molecular weight is 879 g/mol. The van der Waals surface area contributed by atoms with Crippen LogP contribution < -0.4 is 26.3 Å². The number of aromatic hydroxyl groups is 1. The number of aromatic nitrogens is 1. The van der Waals surface area contributed by atoms with E-state index < -0.39 is 78.3 Å². The summed E-state index contributed by atoms with van der Waals surface area (Å²) in [6.45, 7) is 0.498. The standard InChI is InChI=1S/C46H50N6O12/c1-4-27-30(62-3)18-31(38-36(27)39(56)28-16-25(11-10-23-8-6-5-7-9-23)29(20-51-45(48)49-2)40(57)37(28)41(38)58)63-44-42(59)43(60)46(61,32(22-53)64-44)19-26(24-14-15-50-33(47)17-24)21-52-34(54)12-13-35(52)55/h5-9,12-18,26,32,42-44,53,57,59-61H,4,10-11,19-22H2,1-3H3,(H2,47,50)(H3,48,49,51). The van der Waals surface area contributed by atoms with Crippen LogP contribution in [0.4, 0.5) is 5.82 Å². The molecule has 7 rings (SSSR count). The van der Waals surface area contributed by atoms with Gasteiger partial charge in [0.15, 0.2) is 11.7 Å². The van der Waals surface area contributed by atoms with Crippen LogP contribution in [0.3, 0.4) is 0 Å². The second-order valence-electron chi connectivity index (χ2n) is 15.8. The third-order valence-electron chi connectivity index (χ3n) is 12.1. The predicted octanol–water partition coefficient (Wildman–Crippen LogP) is 1.18. The molecule has 18 heteroatoms. The van der Waals surface area contributed by atoms with Crippen molar-refractivity contribution in [1.29, 1.82) is 0 Å². The lowest BCUT2D eigenvalue weighted by Gasteiger charge is -2.49. The number of phenolic OH excluding ortho intramolecular Hbond substituents is 1. The molecule has 10 N–H and O–H groups in total. The van der Waals surface area contributed by atoms with Gasteiger partial charge in [0, 0.05) is 72.7 Å². The van der Waals surface area contributed by atoms with Crippen LogP contribution in [-0.2, 0) is 40.1 Å². The molecule has 336 valence electrons. The monoisotopic (exact) mass is 878 g/mol. The highest BCUT2D eigenvalue weighted by Crippen LogP contribution is 2.46. The smallest absolute Gasteiger partial charge is 0.253 e. The number of fused-ring (bicyclic) bond motifs is 2. The van der Waals surface area contributed by atoms with E-state index in [1.807, 2.05) is 30.3 Å². The van der Waals surface area contributed by atoms with Gasteiger partial charge in [0.25, 0.3) is 11.8 Å². The number of carbonyl (C=O) groups excluding carboxylic acids is 4. The SMILES string of the molecule is CCc1c(OC)cc(OC2OC(CO)C(O)(CC(CN3C(=O)C=CC3=O)c3ccnc(N)c3)C(O)C2O)c2c1C(=O)c1cc(CCc3ccccc3)c(CNC(N)=NC)c(O)c1C2=O. The second-order valence-corrected chi connectivity index (χ2v) is 15.8. The van der Waals surface area contributed by atoms with Crippen LogP contribution in [0.1, 0.15) is 78.9 Å². The Kier molecular flexibility index (Phi) is 13.1. The Bertz CT molecular complexity index is 2530. The number of carbonyl (C=O) groups is 4. The number of benzene rings is 3. The fourth-order valence-electron chi connectivity index (χ4n) is 8.72. The summed E-state index contributed by atoms with van der Waals surface area (Å²) in [4.78, 5) is 63.7. The van der Waals surface area contributed by atoms with Crippen molar-refractivity contribution in [3.8, 4) is 17.2 Å². The number of nitrogens with one attached hydrogen (secondary N) is 1. The Morgan fingerprint density at radius 2 is 1.70 bits per heavy atom. The van der Waals surface area contributed by atoms with Crippen LogP contribution in [0.25, 0.3) is 0 Å². The van der Waals surface area contributed by atoms with E-state index in [4.69, 9.17) is 25.7 Å². The molecule has 18 nitrogen and oxygen atoms in total. The first kappa shape index (κ1) is 45.3. The first-order valence-electron chi connectivity index (χ1n) is 20.6. The largest absolute Gasteiger partial charge is 0.507 e. The van der Waals surface area contributed by atoms with Crippen LogP contribution in [0.2, 0.25) is 0 Å². The minimum atomic E-state index is -2.45. The molecular formula is C46H50N6O12. The molecule has 3 aliphatic rings. The molecule has 1 fully saturated rings. The van der Waals surface area contributed by atoms with Crippen molar-refractivity contribution in [1.82, 2.24) is 15.2 Å². The summed E-state index contributed by atoms with van der Waals surface area (Å²) in [5.41, 5.74) is 11.4. The molecule has 2 aliphatic heterocycles. The Balaban J connectivity index is 1.26. The maximum absolute atomic E-state index is 14.9. The lowest BCUT2D eigenvalue weighted by molar-refractivity contribution is -0.315. The quantitative estimate of drug-likeness (QED) is 0.0416. The minimum Gasteiger partial charge on any atom is -0.507 e. The number of nitrogens with two attached hydrogens (primary N) is 2. The number of phenols is 1. The maximum Gasteiger partial charge on any atom is 0.253 e. The molecule has 1 aromatic heterocycles. The van der Waals surface area contributed by atoms with Crippen LogP contribution in [0, 0.1) is 0 Å². The Morgan fingerprint density at radius 1 is 0.984 bits per heavy atom. The Morgan fingerprint density at radius 3 is 2.34 bits per heavy atom. The number of pyridine rings is 1. The van der Waals surface area contributed by atoms with E-state index in [2.05, 4.69) is 15.3 Å². The minimum absolute atomic E-state index is 0.0463. The Hall–Kier alpha value is -6.70. The summed E-state index contributed by atoms with van der Waals surface area (Å²) >= 11 is 0. The topological polar surface area (TPSA) is 290 Å². The lowest BCUT2D eigenvalue weighted by Crippen LogP contribution is -2.68. The molecule has 0 saturated carbocycles. The van der Waals surface area contributed by atoms with Gasteiger partial charge in [-0.2, -0.15) is 0 Å². The lowest BCUT2D eigenvalue weighted by atomic mass is 9.75. The third-order valence-corrected chi connectivity index (χ3v) is 12.1. The third kappa shape index (κ3) is 8.40. The van der Waals surface area contributed by atoms with Gasteiger partial charge in [-0.25, -0.2) is 4.98 Å². The number of aliphatic hydroxyl groups excluding tert-OH is 3. The molecule has 64 heavy (non-hydrogen) atoms. The van der Waals surface area contributed by atoms with Crippen molar-refractivity contribution in [3.05, 3.63) is 123 Å². The zero-order valence-corrected chi connectivity index (χ0v) is 35.4. The van der Waals surface area contributed by atoms with Crippen LogP contribution >= 0.6 is 0 Å². The number of nitrogens with zero attached hydrogens (tertiary/aromatic N) is 3. The first-order valence-corrected chi connectivity index (χ1v) is 20.6. The van der Waals surface area contributed by atoms with E-state index in [0.29, 0.717) is 35.1 Å². The molecule has 0 radical (unpaired) electrons. The van der Waals surface area contributed by atoms with Gasteiger partial charge >= 0.3 is 0 Å². The molecular weight excluding hydrogens is 829 g/mol.